The van der Waals surface area contributed by atoms with Gasteiger partial charge in [0.2, 0.25) is 0 Å². The van der Waals surface area contributed by atoms with Crippen LogP contribution in [0.2, 0.25) is 0 Å². The number of thiophene rings is 1. The molecule has 4 rings (SSSR count). The summed E-state index contributed by atoms with van der Waals surface area (Å²) in [4.78, 5) is 28.8. The molecule has 0 bridgehead atoms. The largest absolute Gasteiger partial charge is 0.469 e. The van der Waals surface area contributed by atoms with E-state index >= 15 is 0 Å². The number of amides is 1. The second-order valence-corrected chi connectivity index (χ2v) is 8.89. The fourth-order valence-electron chi connectivity index (χ4n) is 3.72. The Morgan fingerprint density at radius 3 is 2.75 bits per heavy atom. The second-order valence-electron chi connectivity index (χ2n) is 6.94. The van der Waals surface area contributed by atoms with Gasteiger partial charge in [-0.15, -0.1) is 11.3 Å². The Hall–Kier alpha value is -2.22. The highest BCUT2D eigenvalue weighted by Crippen LogP contribution is 2.45. The molecule has 1 aliphatic heterocycles. The SMILES string of the molecule is Cc1coc(C)c1C(=O)C[C@]1(O)C(=O)N(Cc2cccs2)c2ccc(Br)cc21. The Bertz CT molecular complexity index is 1050. The van der Waals surface area contributed by atoms with Gasteiger partial charge in [-0.25, -0.2) is 0 Å². The van der Waals surface area contributed by atoms with E-state index < -0.39 is 11.5 Å². The summed E-state index contributed by atoms with van der Waals surface area (Å²) in [5.41, 5.74) is 0.271. The van der Waals surface area contributed by atoms with Crippen LogP contribution in [-0.2, 0) is 16.9 Å². The maximum atomic E-state index is 13.3. The number of fused-ring (bicyclic) bond motifs is 1. The first-order valence-corrected chi connectivity index (χ1v) is 10.4. The van der Waals surface area contributed by atoms with Gasteiger partial charge in [0.1, 0.15) is 5.76 Å². The lowest BCUT2D eigenvalue weighted by molar-refractivity contribution is -0.136. The van der Waals surface area contributed by atoms with Gasteiger partial charge in [-0.3, -0.25) is 9.59 Å². The average molecular weight is 460 g/mol. The van der Waals surface area contributed by atoms with Crippen LogP contribution in [0.3, 0.4) is 0 Å². The fraction of sp³-hybridized carbons (Fsp3) is 0.238. The third-order valence-electron chi connectivity index (χ3n) is 5.04. The minimum Gasteiger partial charge on any atom is -0.469 e. The van der Waals surface area contributed by atoms with E-state index in [9.17, 15) is 14.7 Å². The van der Waals surface area contributed by atoms with Gasteiger partial charge in [0, 0.05) is 14.9 Å². The van der Waals surface area contributed by atoms with Gasteiger partial charge in [-0.2, -0.15) is 0 Å². The van der Waals surface area contributed by atoms with Crippen molar-refractivity contribution >= 4 is 44.6 Å². The van der Waals surface area contributed by atoms with Crippen molar-refractivity contribution < 1.29 is 19.1 Å². The van der Waals surface area contributed by atoms with Gasteiger partial charge in [-0.1, -0.05) is 22.0 Å². The first-order valence-electron chi connectivity index (χ1n) is 8.76. The van der Waals surface area contributed by atoms with Crippen molar-refractivity contribution in [3.8, 4) is 0 Å². The number of Topliss-reactive ketones (excluding diaryl/α,β-unsaturated/α-hetero) is 1. The highest BCUT2D eigenvalue weighted by molar-refractivity contribution is 9.10. The van der Waals surface area contributed by atoms with Crippen molar-refractivity contribution in [2.75, 3.05) is 4.90 Å². The number of ketones is 1. The first-order chi connectivity index (χ1) is 13.3. The predicted octanol–water partition coefficient (Wildman–Crippen LogP) is 4.73. The van der Waals surface area contributed by atoms with Crippen molar-refractivity contribution in [1.82, 2.24) is 0 Å². The van der Waals surface area contributed by atoms with Crippen LogP contribution < -0.4 is 4.90 Å². The highest BCUT2D eigenvalue weighted by atomic mass is 79.9. The zero-order chi connectivity index (χ0) is 20.1. The van der Waals surface area contributed by atoms with E-state index in [4.69, 9.17) is 4.42 Å². The number of halogens is 1. The molecule has 3 heterocycles. The number of nitrogens with zero attached hydrogens (tertiary/aromatic N) is 1. The van der Waals surface area contributed by atoms with Gasteiger partial charge >= 0.3 is 0 Å². The minimum atomic E-state index is -1.91. The molecule has 0 saturated carbocycles. The van der Waals surface area contributed by atoms with Crippen LogP contribution in [-0.4, -0.2) is 16.8 Å². The smallest absolute Gasteiger partial charge is 0.264 e. The number of carbonyl (C=O) groups is 2. The fourth-order valence-corrected chi connectivity index (χ4v) is 4.77. The van der Waals surface area contributed by atoms with Crippen molar-refractivity contribution in [1.29, 1.82) is 0 Å². The van der Waals surface area contributed by atoms with E-state index in [1.807, 2.05) is 23.6 Å². The number of aryl methyl sites for hydroxylation is 2. The molecule has 0 spiro atoms. The van der Waals surface area contributed by atoms with Crippen LogP contribution in [0.5, 0.6) is 0 Å². The first kappa shape index (κ1) is 19.1. The van der Waals surface area contributed by atoms with Gasteiger partial charge in [0.05, 0.1) is 30.5 Å². The zero-order valence-electron chi connectivity index (χ0n) is 15.4. The van der Waals surface area contributed by atoms with Crippen LogP contribution >= 0.6 is 27.3 Å². The maximum absolute atomic E-state index is 13.3. The summed E-state index contributed by atoms with van der Waals surface area (Å²) in [6.07, 6.45) is 1.17. The molecule has 3 aromatic rings. The molecule has 1 aliphatic rings. The molecule has 0 unspecified atom stereocenters. The topological polar surface area (TPSA) is 70.7 Å². The van der Waals surface area contributed by atoms with Crippen molar-refractivity contribution in [2.24, 2.45) is 0 Å². The molecule has 5 nitrogen and oxygen atoms in total. The molecule has 0 fully saturated rings. The number of hydrogen-bond donors (Lipinski definition) is 1. The molecule has 2 aromatic heterocycles. The van der Waals surface area contributed by atoms with E-state index in [2.05, 4.69) is 15.9 Å². The third kappa shape index (κ3) is 3.03. The Kier molecular flexibility index (Phi) is 4.77. The van der Waals surface area contributed by atoms with Crippen LogP contribution in [0.1, 0.15) is 38.5 Å². The van der Waals surface area contributed by atoms with Crippen LogP contribution in [0.4, 0.5) is 5.69 Å². The lowest BCUT2D eigenvalue weighted by Crippen LogP contribution is -2.41. The molecule has 144 valence electrons. The number of rotatable bonds is 5. The van der Waals surface area contributed by atoms with Crippen molar-refractivity contribution in [3.63, 3.8) is 0 Å². The summed E-state index contributed by atoms with van der Waals surface area (Å²) >= 11 is 4.95. The standard InChI is InChI=1S/C21H18BrNO4S/c1-12-11-27-13(2)19(12)18(24)9-21(26)16-8-14(22)5-6-17(16)23(20(21)25)10-15-4-3-7-28-15/h3-8,11,26H,9-10H2,1-2H3/t21-/m1/s1. The van der Waals surface area contributed by atoms with Crippen molar-refractivity contribution in [2.45, 2.75) is 32.4 Å². The summed E-state index contributed by atoms with van der Waals surface area (Å²) < 4.78 is 6.05. The van der Waals surface area contributed by atoms with Crippen molar-refractivity contribution in [3.05, 3.63) is 73.8 Å². The Morgan fingerprint density at radius 1 is 1.32 bits per heavy atom. The molecule has 1 aromatic carbocycles. The third-order valence-corrected chi connectivity index (χ3v) is 6.40. The zero-order valence-corrected chi connectivity index (χ0v) is 17.8. The summed E-state index contributed by atoms with van der Waals surface area (Å²) in [5, 5.41) is 13.4. The number of furan rings is 1. The van der Waals surface area contributed by atoms with Gasteiger partial charge < -0.3 is 14.4 Å². The average Bonchev–Trinajstić information content (AvgIpc) is 3.32. The van der Waals surface area contributed by atoms with E-state index in [0.717, 1.165) is 9.35 Å². The molecule has 1 amide bonds. The quantitative estimate of drug-likeness (QED) is 0.559. The Morgan fingerprint density at radius 2 is 2.11 bits per heavy atom. The second kappa shape index (κ2) is 6.99. The summed E-state index contributed by atoms with van der Waals surface area (Å²) in [7, 11) is 0. The van der Waals surface area contributed by atoms with Gasteiger partial charge in [0.25, 0.3) is 5.91 Å². The van der Waals surface area contributed by atoms with Gasteiger partial charge in [-0.05, 0) is 49.1 Å². The highest BCUT2D eigenvalue weighted by Gasteiger charge is 2.51. The van der Waals surface area contributed by atoms with E-state index in [0.29, 0.717) is 34.7 Å². The molecule has 0 saturated heterocycles. The Labute approximate surface area is 174 Å². The molecule has 1 atom stereocenters. The lowest BCUT2D eigenvalue weighted by Gasteiger charge is -2.22. The Balaban J connectivity index is 1.74. The van der Waals surface area contributed by atoms with E-state index in [1.54, 1.807) is 42.2 Å². The predicted molar refractivity (Wildman–Crippen MR) is 111 cm³/mol. The lowest BCUT2D eigenvalue weighted by atomic mass is 9.87. The number of hydrogen-bond acceptors (Lipinski definition) is 5. The normalized spacial score (nSPS) is 18.6. The van der Waals surface area contributed by atoms with E-state index in [-0.39, 0.29) is 12.2 Å². The van der Waals surface area contributed by atoms with Crippen LogP contribution in [0.15, 0.2) is 50.9 Å². The number of carbonyl (C=O) groups excluding carboxylic acids is 2. The molecule has 0 aliphatic carbocycles. The summed E-state index contributed by atoms with van der Waals surface area (Å²) in [6, 6.07) is 9.19. The molecule has 0 radical (unpaired) electrons. The number of anilines is 1. The number of benzene rings is 1. The molecule has 1 N–H and O–H groups in total. The monoisotopic (exact) mass is 459 g/mol. The summed E-state index contributed by atoms with van der Waals surface area (Å²) in [6.45, 7) is 3.83. The molecule has 28 heavy (non-hydrogen) atoms. The number of aliphatic hydroxyl groups is 1. The molecular formula is C21H18BrNO4S. The van der Waals surface area contributed by atoms with Crippen LogP contribution in [0, 0.1) is 13.8 Å². The van der Waals surface area contributed by atoms with E-state index in [1.165, 1.54) is 6.26 Å². The van der Waals surface area contributed by atoms with Gasteiger partial charge in [0.15, 0.2) is 11.4 Å². The maximum Gasteiger partial charge on any atom is 0.264 e. The molecular weight excluding hydrogens is 442 g/mol. The summed E-state index contributed by atoms with van der Waals surface area (Å²) in [5.74, 6) is -0.314. The van der Waals surface area contributed by atoms with Crippen LogP contribution in [0.25, 0.3) is 0 Å². The minimum absolute atomic E-state index is 0.316. The molecule has 7 heteroatoms.